The number of alkyl halides is 3. The molecule has 0 saturated heterocycles. The fraction of sp³-hybridized carbons (Fsp3) is 0.0312. The quantitative estimate of drug-likeness (QED) is 0.233. The zero-order chi connectivity index (χ0) is 26.1. The van der Waals surface area contributed by atoms with Gasteiger partial charge in [0.05, 0.1) is 11.4 Å². The Hall–Kier alpha value is -4.84. The minimum absolute atomic E-state index is 0.281. The van der Waals surface area contributed by atoms with Gasteiger partial charge in [0.1, 0.15) is 11.6 Å². The topological polar surface area (TPSA) is 27.1 Å². The standard InChI is InChI=1S/C32H21F3N2O/c33-32(34,35)38-28-19-16-25(17-20-28)31-36-29(23-10-3-1-4-11-23)30(24-12-5-2-6-13-24)37(31)27-18-15-22-9-7-8-14-26(22)21-27/h1-21H. The van der Waals surface area contributed by atoms with Crippen molar-refractivity contribution in [2.75, 3.05) is 0 Å². The Labute approximate surface area is 217 Å². The molecule has 3 nitrogen and oxygen atoms in total. The van der Waals surface area contributed by atoms with E-state index in [1.165, 1.54) is 12.1 Å². The molecule has 5 aromatic carbocycles. The van der Waals surface area contributed by atoms with Crippen molar-refractivity contribution in [2.24, 2.45) is 0 Å². The smallest absolute Gasteiger partial charge is 0.406 e. The van der Waals surface area contributed by atoms with Gasteiger partial charge in [0.2, 0.25) is 0 Å². The summed E-state index contributed by atoms with van der Waals surface area (Å²) < 4.78 is 44.5. The lowest BCUT2D eigenvalue weighted by atomic mass is 10.0. The minimum atomic E-state index is -4.76. The molecule has 6 rings (SSSR count). The van der Waals surface area contributed by atoms with Crippen LogP contribution in [-0.4, -0.2) is 15.9 Å². The monoisotopic (exact) mass is 506 g/mol. The normalized spacial score (nSPS) is 11.6. The van der Waals surface area contributed by atoms with E-state index in [2.05, 4.69) is 33.6 Å². The van der Waals surface area contributed by atoms with Gasteiger partial charge in [-0.3, -0.25) is 4.57 Å². The molecule has 0 atom stereocenters. The van der Waals surface area contributed by atoms with Crippen LogP contribution in [0.2, 0.25) is 0 Å². The van der Waals surface area contributed by atoms with E-state index < -0.39 is 6.36 Å². The number of ether oxygens (including phenoxy) is 1. The van der Waals surface area contributed by atoms with Crippen molar-refractivity contribution in [3.05, 3.63) is 127 Å². The Kier molecular flexibility index (Phi) is 5.92. The molecule has 0 bridgehead atoms. The molecular weight excluding hydrogens is 485 g/mol. The predicted octanol–water partition coefficient (Wildman–Crippen LogP) is 8.93. The molecular formula is C32H21F3N2O. The number of hydrogen-bond acceptors (Lipinski definition) is 2. The van der Waals surface area contributed by atoms with Crippen LogP contribution in [0.15, 0.2) is 127 Å². The number of aromatic nitrogens is 2. The summed E-state index contributed by atoms with van der Waals surface area (Å²) in [6.07, 6.45) is -4.76. The largest absolute Gasteiger partial charge is 0.573 e. The predicted molar refractivity (Wildman–Crippen MR) is 144 cm³/mol. The van der Waals surface area contributed by atoms with Gasteiger partial charge in [-0.1, -0.05) is 91.0 Å². The molecule has 0 fully saturated rings. The first-order chi connectivity index (χ1) is 18.5. The second kappa shape index (κ2) is 9.56. The Bertz CT molecular complexity index is 1710. The lowest BCUT2D eigenvalue weighted by Crippen LogP contribution is -2.16. The van der Waals surface area contributed by atoms with Gasteiger partial charge in [-0.25, -0.2) is 4.98 Å². The molecule has 0 aliphatic rings. The second-order valence-corrected chi connectivity index (χ2v) is 8.80. The zero-order valence-electron chi connectivity index (χ0n) is 20.1. The molecule has 0 unspecified atom stereocenters. The highest BCUT2D eigenvalue weighted by molar-refractivity contribution is 5.88. The average molecular weight is 507 g/mol. The molecule has 38 heavy (non-hydrogen) atoms. The number of nitrogens with zero attached hydrogens (tertiary/aromatic N) is 2. The van der Waals surface area contributed by atoms with Gasteiger partial charge in [-0.15, -0.1) is 13.2 Å². The number of benzene rings is 5. The summed E-state index contributed by atoms with van der Waals surface area (Å²) in [5.41, 5.74) is 5.11. The highest BCUT2D eigenvalue weighted by Crippen LogP contribution is 2.39. The molecule has 0 amide bonds. The van der Waals surface area contributed by atoms with Crippen molar-refractivity contribution < 1.29 is 17.9 Å². The van der Waals surface area contributed by atoms with E-state index in [-0.39, 0.29) is 5.75 Å². The second-order valence-electron chi connectivity index (χ2n) is 8.80. The number of rotatable bonds is 5. The number of hydrogen-bond donors (Lipinski definition) is 0. The van der Waals surface area contributed by atoms with Crippen molar-refractivity contribution in [1.29, 1.82) is 0 Å². The third kappa shape index (κ3) is 4.64. The van der Waals surface area contributed by atoms with Crippen molar-refractivity contribution in [1.82, 2.24) is 9.55 Å². The highest BCUT2D eigenvalue weighted by atomic mass is 19.4. The Morgan fingerprint density at radius 1 is 0.579 bits per heavy atom. The van der Waals surface area contributed by atoms with E-state index in [0.29, 0.717) is 11.4 Å². The molecule has 0 aliphatic heterocycles. The van der Waals surface area contributed by atoms with Crippen LogP contribution in [0.1, 0.15) is 0 Å². The molecule has 6 heteroatoms. The lowest BCUT2D eigenvalue weighted by Gasteiger charge is -2.15. The number of halogens is 3. The maximum absolute atomic E-state index is 12.8. The molecule has 0 radical (unpaired) electrons. The number of imidazole rings is 1. The van der Waals surface area contributed by atoms with Crippen molar-refractivity contribution in [3.63, 3.8) is 0 Å². The fourth-order valence-corrected chi connectivity index (χ4v) is 4.65. The molecule has 0 aliphatic carbocycles. The van der Waals surface area contributed by atoms with Crippen molar-refractivity contribution >= 4 is 10.8 Å². The first kappa shape index (κ1) is 23.6. The van der Waals surface area contributed by atoms with Crippen LogP contribution in [0.3, 0.4) is 0 Å². The third-order valence-electron chi connectivity index (χ3n) is 6.31. The molecule has 0 spiro atoms. The van der Waals surface area contributed by atoms with E-state index in [1.54, 1.807) is 12.1 Å². The molecule has 1 heterocycles. The number of fused-ring (bicyclic) bond motifs is 1. The fourth-order valence-electron chi connectivity index (χ4n) is 4.65. The molecule has 6 aromatic rings. The van der Waals surface area contributed by atoms with Crippen LogP contribution in [-0.2, 0) is 0 Å². The SMILES string of the molecule is FC(F)(F)Oc1ccc(-c2nc(-c3ccccc3)c(-c3ccccc3)n2-c2ccc3ccccc3c2)cc1. The molecule has 186 valence electrons. The van der Waals surface area contributed by atoms with Crippen molar-refractivity contribution in [3.8, 4) is 45.3 Å². The van der Waals surface area contributed by atoms with Crippen LogP contribution < -0.4 is 4.74 Å². The van der Waals surface area contributed by atoms with E-state index in [0.717, 1.165) is 39.0 Å². The summed E-state index contributed by atoms with van der Waals surface area (Å²) in [4.78, 5) is 5.09. The summed E-state index contributed by atoms with van der Waals surface area (Å²) in [5, 5.41) is 2.18. The van der Waals surface area contributed by atoms with Gasteiger partial charge in [0.15, 0.2) is 0 Å². The summed E-state index contributed by atoms with van der Waals surface area (Å²) >= 11 is 0. The van der Waals surface area contributed by atoms with E-state index in [4.69, 9.17) is 4.98 Å². The average Bonchev–Trinajstić information content (AvgIpc) is 3.34. The molecule has 0 N–H and O–H groups in total. The third-order valence-corrected chi connectivity index (χ3v) is 6.31. The van der Waals surface area contributed by atoms with Gasteiger partial charge < -0.3 is 4.74 Å². The molecule has 1 aromatic heterocycles. The summed E-state index contributed by atoms with van der Waals surface area (Å²) in [5.74, 6) is 0.327. The summed E-state index contributed by atoms with van der Waals surface area (Å²) in [6, 6.07) is 40.0. The van der Waals surface area contributed by atoms with Crippen LogP contribution in [0.4, 0.5) is 13.2 Å². The van der Waals surface area contributed by atoms with Crippen LogP contribution in [0.5, 0.6) is 5.75 Å². The minimum Gasteiger partial charge on any atom is -0.406 e. The summed E-state index contributed by atoms with van der Waals surface area (Å²) in [7, 11) is 0. The Balaban J connectivity index is 1.63. The highest BCUT2D eigenvalue weighted by Gasteiger charge is 2.31. The Morgan fingerprint density at radius 3 is 1.84 bits per heavy atom. The van der Waals surface area contributed by atoms with Gasteiger partial charge >= 0.3 is 6.36 Å². The van der Waals surface area contributed by atoms with Crippen molar-refractivity contribution in [2.45, 2.75) is 6.36 Å². The van der Waals surface area contributed by atoms with Gasteiger partial charge in [0, 0.05) is 22.4 Å². The molecule has 0 saturated carbocycles. The lowest BCUT2D eigenvalue weighted by molar-refractivity contribution is -0.274. The van der Waals surface area contributed by atoms with Gasteiger partial charge in [-0.05, 0) is 47.2 Å². The summed E-state index contributed by atoms with van der Waals surface area (Å²) in [6.45, 7) is 0. The van der Waals surface area contributed by atoms with Crippen LogP contribution >= 0.6 is 0 Å². The Morgan fingerprint density at radius 2 is 1.18 bits per heavy atom. The van der Waals surface area contributed by atoms with Crippen LogP contribution in [0, 0.1) is 0 Å². The maximum Gasteiger partial charge on any atom is 0.573 e. The maximum atomic E-state index is 12.8. The van der Waals surface area contributed by atoms with Gasteiger partial charge in [-0.2, -0.15) is 0 Å². The van der Waals surface area contributed by atoms with E-state index >= 15 is 0 Å². The van der Waals surface area contributed by atoms with E-state index in [9.17, 15) is 13.2 Å². The van der Waals surface area contributed by atoms with Gasteiger partial charge in [0.25, 0.3) is 0 Å². The van der Waals surface area contributed by atoms with E-state index in [1.807, 2.05) is 78.9 Å². The first-order valence-electron chi connectivity index (χ1n) is 12.1. The van der Waals surface area contributed by atoms with Crippen LogP contribution in [0.25, 0.3) is 50.4 Å². The first-order valence-corrected chi connectivity index (χ1v) is 12.1. The zero-order valence-corrected chi connectivity index (χ0v) is 20.1.